The molecule has 1 aromatic heterocycles. The lowest BCUT2D eigenvalue weighted by molar-refractivity contribution is 0.104. The van der Waals surface area contributed by atoms with Crippen molar-refractivity contribution >= 4 is 39.7 Å². The summed E-state index contributed by atoms with van der Waals surface area (Å²) >= 11 is 3.62. The molecule has 0 atom stereocenters. The van der Waals surface area contributed by atoms with E-state index in [0.717, 1.165) is 9.32 Å². The molecule has 0 aliphatic heterocycles. The maximum atomic E-state index is 12.0. The quantitative estimate of drug-likeness (QED) is 0.628. The number of benzene rings is 1. The predicted molar refractivity (Wildman–Crippen MR) is 73.5 cm³/mol. The van der Waals surface area contributed by atoms with Crippen molar-refractivity contribution in [3.8, 4) is 5.75 Å². The van der Waals surface area contributed by atoms with Gasteiger partial charge in [-0.15, -0.1) is 11.3 Å². The molecule has 2 rings (SSSR count). The van der Waals surface area contributed by atoms with Crippen LogP contribution in [0.4, 0.5) is 0 Å². The molecule has 0 aliphatic carbocycles. The molecule has 0 radical (unpaired) electrons. The Morgan fingerprint density at radius 3 is 2.56 bits per heavy atom. The number of carbonyl (C=O) groups is 1. The molecule has 0 saturated carbocycles. The molecule has 1 heterocycles. The number of thiophene rings is 1. The molecule has 2 nitrogen and oxygen atoms in total. The van der Waals surface area contributed by atoms with Crippen molar-refractivity contribution in [1.29, 1.82) is 0 Å². The SMILES string of the molecule is COc1csc(C(=O)c2ccc(I)cc2)c1. The van der Waals surface area contributed by atoms with Gasteiger partial charge in [-0.2, -0.15) is 0 Å². The number of hydrogen-bond donors (Lipinski definition) is 0. The molecule has 0 N–H and O–H groups in total. The Morgan fingerprint density at radius 2 is 2.00 bits per heavy atom. The van der Waals surface area contributed by atoms with Crippen LogP contribution >= 0.6 is 33.9 Å². The monoisotopic (exact) mass is 344 g/mol. The highest BCUT2D eigenvalue weighted by Crippen LogP contribution is 2.23. The predicted octanol–water partition coefficient (Wildman–Crippen LogP) is 3.59. The summed E-state index contributed by atoms with van der Waals surface area (Å²) in [6, 6.07) is 9.31. The van der Waals surface area contributed by atoms with E-state index in [9.17, 15) is 4.79 Å². The molecule has 0 amide bonds. The van der Waals surface area contributed by atoms with Crippen LogP contribution in [-0.2, 0) is 0 Å². The van der Waals surface area contributed by atoms with Gasteiger partial charge >= 0.3 is 0 Å². The van der Waals surface area contributed by atoms with Crippen LogP contribution in [0.2, 0.25) is 0 Å². The first-order chi connectivity index (χ1) is 7.70. The van der Waals surface area contributed by atoms with Gasteiger partial charge in [-0.25, -0.2) is 0 Å². The molecule has 0 aliphatic rings. The van der Waals surface area contributed by atoms with Crippen LogP contribution in [-0.4, -0.2) is 12.9 Å². The Hall–Kier alpha value is -0.880. The third-order valence-electron chi connectivity index (χ3n) is 2.14. The van der Waals surface area contributed by atoms with Gasteiger partial charge in [0.1, 0.15) is 5.75 Å². The second-order valence-electron chi connectivity index (χ2n) is 3.19. The first-order valence-electron chi connectivity index (χ1n) is 4.63. The number of methoxy groups -OCH3 is 1. The van der Waals surface area contributed by atoms with Crippen molar-refractivity contribution < 1.29 is 9.53 Å². The second kappa shape index (κ2) is 4.97. The van der Waals surface area contributed by atoms with Crippen molar-refractivity contribution in [1.82, 2.24) is 0 Å². The molecule has 2 aromatic rings. The number of hydrogen-bond acceptors (Lipinski definition) is 3. The fourth-order valence-electron chi connectivity index (χ4n) is 1.29. The van der Waals surface area contributed by atoms with E-state index in [2.05, 4.69) is 22.6 Å². The van der Waals surface area contributed by atoms with Gasteiger partial charge in [0.25, 0.3) is 0 Å². The number of halogens is 1. The van der Waals surface area contributed by atoms with E-state index in [1.54, 1.807) is 13.2 Å². The molecule has 16 heavy (non-hydrogen) atoms. The van der Waals surface area contributed by atoms with Gasteiger partial charge in [0.2, 0.25) is 5.78 Å². The molecule has 0 fully saturated rings. The highest BCUT2D eigenvalue weighted by molar-refractivity contribution is 14.1. The van der Waals surface area contributed by atoms with Crippen LogP contribution in [0.15, 0.2) is 35.7 Å². The molecule has 0 unspecified atom stereocenters. The summed E-state index contributed by atoms with van der Waals surface area (Å²) in [5.41, 5.74) is 0.713. The van der Waals surface area contributed by atoms with Crippen LogP contribution in [0.25, 0.3) is 0 Å². The van der Waals surface area contributed by atoms with Gasteiger partial charge in [0, 0.05) is 20.6 Å². The summed E-state index contributed by atoms with van der Waals surface area (Å²) in [7, 11) is 1.60. The summed E-state index contributed by atoms with van der Waals surface area (Å²) in [6.45, 7) is 0. The molecule has 0 spiro atoms. The molecule has 4 heteroatoms. The molecule has 1 aromatic carbocycles. The lowest BCUT2D eigenvalue weighted by Crippen LogP contribution is -1.97. The van der Waals surface area contributed by atoms with Crippen LogP contribution in [0, 0.1) is 3.57 Å². The van der Waals surface area contributed by atoms with E-state index >= 15 is 0 Å². The summed E-state index contributed by atoms with van der Waals surface area (Å²) in [5, 5.41) is 1.83. The smallest absolute Gasteiger partial charge is 0.203 e. The average Bonchev–Trinajstić information content (AvgIpc) is 2.77. The third-order valence-corrected chi connectivity index (χ3v) is 3.77. The Kier molecular flexibility index (Phi) is 3.60. The van der Waals surface area contributed by atoms with Gasteiger partial charge in [0.05, 0.1) is 12.0 Å². The minimum absolute atomic E-state index is 0.0460. The van der Waals surface area contributed by atoms with E-state index in [-0.39, 0.29) is 5.78 Å². The number of ketones is 1. The van der Waals surface area contributed by atoms with Gasteiger partial charge in [0.15, 0.2) is 0 Å². The molecule has 0 saturated heterocycles. The Balaban J connectivity index is 2.28. The molecular formula is C12H9IO2S. The maximum absolute atomic E-state index is 12.0. The maximum Gasteiger partial charge on any atom is 0.203 e. The Bertz CT molecular complexity index is 502. The standard InChI is InChI=1S/C12H9IO2S/c1-15-10-6-11(16-7-10)12(14)8-2-4-9(13)5-3-8/h2-7H,1H3. The van der Waals surface area contributed by atoms with E-state index in [0.29, 0.717) is 10.4 Å². The lowest BCUT2D eigenvalue weighted by Gasteiger charge is -1.97. The zero-order chi connectivity index (χ0) is 11.5. The average molecular weight is 344 g/mol. The summed E-state index contributed by atoms with van der Waals surface area (Å²) in [5.74, 6) is 0.781. The van der Waals surface area contributed by atoms with Crippen molar-refractivity contribution in [3.63, 3.8) is 0 Å². The van der Waals surface area contributed by atoms with Crippen LogP contribution in [0.5, 0.6) is 5.75 Å². The Morgan fingerprint density at radius 1 is 1.31 bits per heavy atom. The zero-order valence-electron chi connectivity index (χ0n) is 8.57. The fourth-order valence-corrected chi connectivity index (χ4v) is 2.46. The summed E-state index contributed by atoms with van der Waals surface area (Å²) < 4.78 is 6.18. The van der Waals surface area contributed by atoms with Gasteiger partial charge in [-0.05, 0) is 46.9 Å². The Labute approximate surface area is 111 Å². The van der Waals surface area contributed by atoms with Crippen LogP contribution in [0.1, 0.15) is 15.2 Å². The van der Waals surface area contributed by atoms with E-state index in [4.69, 9.17) is 4.74 Å². The van der Waals surface area contributed by atoms with E-state index in [1.807, 2.05) is 29.6 Å². The van der Waals surface area contributed by atoms with Gasteiger partial charge in [-0.3, -0.25) is 4.79 Å². The summed E-state index contributed by atoms with van der Waals surface area (Å²) in [4.78, 5) is 12.7. The zero-order valence-corrected chi connectivity index (χ0v) is 11.5. The van der Waals surface area contributed by atoms with Crippen LogP contribution in [0.3, 0.4) is 0 Å². The highest BCUT2D eigenvalue weighted by atomic mass is 127. The molecule has 82 valence electrons. The number of ether oxygens (including phenoxy) is 1. The lowest BCUT2D eigenvalue weighted by atomic mass is 10.1. The molecule has 0 bridgehead atoms. The van der Waals surface area contributed by atoms with Crippen LogP contribution < -0.4 is 4.74 Å². The topological polar surface area (TPSA) is 26.3 Å². The normalized spacial score (nSPS) is 10.1. The first-order valence-corrected chi connectivity index (χ1v) is 6.59. The summed E-state index contributed by atoms with van der Waals surface area (Å²) in [6.07, 6.45) is 0. The minimum atomic E-state index is 0.0460. The third kappa shape index (κ3) is 2.44. The van der Waals surface area contributed by atoms with Gasteiger partial charge < -0.3 is 4.74 Å². The van der Waals surface area contributed by atoms with E-state index in [1.165, 1.54) is 11.3 Å². The van der Waals surface area contributed by atoms with Crippen molar-refractivity contribution in [3.05, 3.63) is 49.7 Å². The van der Waals surface area contributed by atoms with E-state index < -0.39 is 0 Å². The van der Waals surface area contributed by atoms with Crippen molar-refractivity contribution in [2.45, 2.75) is 0 Å². The minimum Gasteiger partial charge on any atom is -0.496 e. The van der Waals surface area contributed by atoms with Crippen molar-refractivity contribution in [2.75, 3.05) is 7.11 Å². The first kappa shape index (κ1) is 11.6. The number of carbonyl (C=O) groups excluding carboxylic acids is 1. The largest absolute Gasteiger partial charge is 0.496 e. The number of rotatable bonds is 3. The fraction of sp³-hybridized carbons (Fsp3) is 0.0833. The highest BCUT2D eigenvalue weighted by Gasteiger charge is 2.11. The van der Waals surface area contributed by atoms with Crippen molar-refractivity contribution in [2.24, 2.45) is 0 Å². The van der Waals surface area contributed by atoms with Gasteiger partial charge in [-0.1, -0.05) is 0 Å². The molecular weight excluding hydrogens is 335 g/mol. The second-order valence-corrected chi connectivity index (χ2v) is 5.34.